The minimum atomic E-state index is -1.60. The number of primary amides is 1. The first kappa shape index (κ1) is 22.4. The molecule has 10 heteroatoms. The van der Waals surface area contributed by atoms with Crippen molar-refractivity contribution in [2.45, 2.75) is 56.6 Å². The smallest absolute Gasteiger partial charge is 0.308 e. The SMILES string of the molecule is COc1cc(C2=NO[C@@](CC(=O)O)(C(=O)NC3CCCCC3)C2)ccc1OCC(N)=O. The third-order valence-corrected chi connectivity index (χ3v) is 5.44. The van der Waals surface area contributed by atoms with E-state index in [2.05, 4.69) is 10.5 Å². The van der Waals surface area contributed by atoms with Gasteiger partial charge in [-0.05, 0) is 31.0 Å². The topological polar surface area (TPSA) is 150 Å². The van der Waals surface area contributed by atoms with E-state index >= 15 is 0 Å². The van der Waals surface area contributed by atoms with Crippen molar-refractivity contribution in [3.8, 4) is 11.5 Å². The second-order valence-corrected chi connectivity index (χ2v) is 7.80. The zero-order valence-electron chi connectivity index (χ0n) is 17.4. The highest BCUT2D eigenvalue weighted by Crippen LogP contribution is 2.34. The Labute approximate surface area is 179 Å². The van der Waals surface area contributed by atoms with Crippen LogP contribution in [0.1, 0.15) is 50.5 Å². The predicted octanol–water partition coefficient (Wildman–Crippen LogP) is 1.35. The summed E-state index contributed by atoms with van der Waals surface area (Å²) in [6.45, 7) is -0.303. The van der Waals surface area contributed by atoms with Crippen LogP contribution < -0.4 is 20.5 Å². The van der Waals surface area contributed by atoms with Gasteiger partial charge in [0.15, 0.2) is 18.1 Å². The van der Waals surface area contributed by atoms with Gasteiger partial charge < -0.3 is 30.5 Å². The lowest BCUT2D eigenvalue weighted by Crippen LogP contribution is -2.52. The molecule has 1 fully saturated rings. The van der Waals surface area contributed by atoms with Crippen LogP contribution >= 0.6 is 0 Å². The number of nitrogens with two attached hydrogens (primary N) is 1. The lowest BCUT2D eigenvalue weighted by molar-refractivity contribution is -0.156. The van der Waals surface area contributed by atoms with Crippen LogP contribution in [0.15, 0.2) is 23.4 Å². The maximum Gasteiger partial charge on any atom is 0.308 e. The molecular weight excluding hydrogens is 406 g/mol. The molecule has 0 spiro atoms. The molecule has 1 aromatic rings. The largest absolute Gasteiger partial charge is 0.493 e. The van der Waals surface area contributed by atoms with E-state index in [4.69, 9.17) is 20.0 Å². The molecular formula is C21H27N3O7. The van der Waals surface area contributed by atoms with Crippen LogP contribution in [0.25, 0.3) is 0 Å². The van der Waals surface area contributed by atoms with Crippen LogP contribution in [-0.2, 0) is 19.2 Å². The van der Waals surface area contributed by atoms with Gasteiger partial charge in [0.1, 0.15) is 0 Å². The molecule has 10 nitrogen and oxygen atoms in total. The van der Waals surface area contributed by atoms with Crippen molar-refractivity contribution < 1.29 is 33.8 Å². The lowest BCUT2D eigenvalue weighted by Gasteiger charge is -2.29. The summed E-state index contributed by atoms with van der Waals surface area (Å²) >= 11 is 0. The molecule has 4 N–H and O–H groups in total. The zero-order chi connectivity index (χ0) is 22.4. The van der Waals surface area contributed by atoms with Crippen molar-refractivity contribution in [3.63, 3.8) is 0 Å². The van der Waals surface area contributed by atoms with Crippen molar-refractivity contribution in [2.75, 3.05) is 13.7 Å². The lowest BCUT2D eigenvalue weighted by atomic mass is 9.88. The van der Waals surface area contributed by atoms with Crippen molar-refractivity contribution in [1.82, 2.24) is 5.32 Å². The number of hydrogen-bond donors (Lipinski definition) is 3. The van der Waals surface area contributed by atoms with E-state index < -0.39 is 29.8 Å². The van der Waals surface area contributed by atoms with Gasteiger partial charge in [-0.2, -0.15) is 0 Å². The van der Waals surface area contributed by atoms with Gasteiger partial charge in [0.2, 0.25) is 5.60 Å². The maximum absolute atomic E-state index is 13.0. The standard InChI is InChI=1S/C21H27N3O7/c1-29-17-9-13(7-8-16(17)30-12-18(22)25)15-10-21(31-24-15,11-19(26)27)20(28)23-14-5-3-2-4-6-14/h7-9,14H,2-6,10-12H2,1H3,(H2,22,25)(H,23,28)(H,26,27)/t21-/m0/s1. The Morgan fingerprint density at radius 3 is 2.65 bits per heavy atom. The summed E-state index contributed by atoms with van der Waals surface area (Å²) in [7, 11) is 1.44. The van der Waals surface area contributed by atoms with Crippen molar-refractivity contribution in [1.29, 1.82) is 0 Å². The van der Waals surface area contributed by atoms with E-state index in [0.29, 0.717) is 22.8 Å². The van der Waals surface area contributed by atoms with E-state index in [9.17, 15) is 19.5 Å². The van der Waals surface area contributed by atoms with Gasteiger partial charge in [-0.15, -0.1) is 0 Å². The second kappa shape index (κ2) is 9.67. The van der Waals surface area contributed by atoms with Gasteiger partial charge in [-0.3, -0.25) is 14.4 Å². The van der Waals surface area contributed by atoms with Gasteiger partial charge in [0.05, 0.1) is 19.2 Å². The Morgan fingerprint density at radius 1 is 1.26 bits per heavy atom. The number of nitrogens with one attached hydrogen (secondary N) is 1. The molecule has 0 radical (unpaired) electrons. The molecule has 31 heavy (non-hydrogen) atoms. The number of oxime groups is 1. The van der Waals surface area contributed by atoms with Crippen LogP contribution in [0, 0.1) is 0 Å². The number of rotatable bonds is 9. The molecule has 168 valence electrons. The number of carboxylic acid groups (broad SMARTS) is 1. The average Bonchev–Trinajstić information content (AvgIpc) is 3.17. The molecule has 0 saturated heterocycles. The first-order valence-corrected chi connectivity index (χ1v) is 10.2. The molecule has 1 heterocycles. The summed E-state index contributed by atoms with van der Waals surface area (Å²) in [6, 6.07) is 4.88. The summed E-state index contributed by atoms with van der Waals surface area (Å²) in [5, 5.41) is 16.4. The van der Waals surface area contributed by atoms with Crippen LogP contribution in [0.2, 0.25) is 0 Å². The molecule has 1 aliphatic heterocycles. The van der Waals surface area contributed by atoms with Gasteiger partial charge in [0.25, 0.3) is 11.8 Å². The van der Waals surface area contributed by atoms with Gasteiger partial charge in [0, 0.05) is 18.0 Å². The van der Waals surface area contributed by atoms with Crippen LogP contribution in [0.3, 0.4) is 0 Å². The zero-order valence-corrected chi connectivity index (χ0v) is 17.4. The molecule has 2 amide bonds. The molecule has 1 aliphatic carbocycles. The normalized spacial score (nSPS) is 21.0. The molecule has 0 aromatic heterocycles. The van der Waals surface area contributed by atoms with E-state index in [-0.39, 0.29) is 19.1 Å². The molecule has 3 rings (SSSR count). The average molecular weight is 433 g/mol. The second-order valence-electron chi connectivity index (χ2n) is 7.80. The minimum Gasteiger partial charge on any atom is -0.493 e. The van der Waals surface area contributed by atoms with Gasteiger partial charge in [-0.25, -0.2) is 0 Å². The number of ether oxygens (including phenoxy) is 2. The summed E-state index contributed by atoms with van der Waals surface area (Å²) < 4.78 is 10.6. The Morgan fingerprint density at radius 2 is 2.00 bits per heavy atom. The predicted molar refractivity (Wildman–Crippen MR) is 110 cm³/mol. The quantitative estimate of drug-likeness (QED) is 0.532. The van der Waals surface area contributed by atoms with Gasteiger partial charge >= 0.3 is 5.97 Å². The number of carbonyl (C=O) groups excluding carboxylic acids is 2. The molecule has 2 aliphatic rings. The maximum atomic E-state index is 13.0. The number of benzene rings is 1. The summed E-state index contributed by atoms with van der Waals surface area (Å²) in [6.07, 6.45) is 4.43. The number of amides is 2. The van der Waals surface area contributed by atoms with E-state index in [1.807, 2.05) is 0 Å². The third-order valence-electron chi connectivity index (χ3n) is 5.44. The third kappa shape index (κ3) is 5.44. The van der Waals surface area contributed by atoms with Crippen molar-refractivity contribution in [3.05, 3.63) is 23.8 Å². The number of nitrogens with zero attached hydrogens (tertiary/aromatic N) is 1. The Kier molecular flexibility index (Phi) is 6.98. The van der Waals surface area contributed by atoms with Crippen LogP contribution in [0.5, 0.6) is 11.5 Å². The van der Waals surface area contributed by atoms with Crippen LogP contribution in [0.4, 0.5) is 0 Å². The Hall–Kier alpha value is -3.30. The van der Waals surface area contributed by atoms with Crippen LogP contribution in [-0.4, -0.2) is 54.0 Å². The Bertz CT molecular complexity index is 880. The summed E-state index contributed by atoms with van der Waals surface area (Å²) in [5.74, 6) is -1.58. The Balaban J connectivity index is 1.76. The van der Waals surface area contributed by atoms with Crippen molar-refractivity contribution >= 4 is 23.5 Å². The first-order chi connectivity index (χ1) is 14.8. The minimum absolute atomic E-state index is 0.00248. The molecule has 0 unspecified atom stereocenters. The highest BCUT2D eigenvalue weighted by Gasteiger charge is 2.49. The fraction of sp³-hybridized carbons (Fsp3) is 0.524. The number of hydrogen-bond acceptors (Lipinski definition) is 7. The first-order valence-electron chi connectivity index (χ1n) is 10.2. The summed E-state index contributed by atoms with van der Waals surface area (Å²) in [4.78, 5) is 40.9. The highest BCUT2D eigenvalue weighted by atomic mass is 16.7. The molecule has 1 saturated carbocycles. The van der Waals surface area contributed by atoms with Crippen molar-refractivity contribution in [2.24, 2.45) is 10.9 Å². The van der Waals surface area contributed by atoms with E-state index in [1.165, 1.54) is 7.11 Å². The highest BCUT2D eigenvalue weighted by molar-refractivity contribution is 6.06. The number of aliphatic carboxylic acids is 1. The molecule has 1 atom stereocenters. The summed E-state index contributed by atoms with van der Waals surface area (Å²) in [5.41, 5.74) is 4.50. The number of carbonyl (C=O) groups is 3. The number of methoxy groups -OCH3 is 1. The molecule has 1 aromatic carbocycles. The van der Waals surface area contributed by atoms with Gasteiger partial charge in [-0.1, -0.05) is 24.4 Å². The fourth-order valence-electron chi connectivity index (χ4n) is 3.85. The molecule has 0 bridgehead atoms. The number of carboxylic acids is 1. The monoisotopic (exact) mass is 433 g/mol. The van der Waals surface area contributed by atoms with E-state index in [1.54, 1.807) is 18.2 Å². The fourth-order valence-corrected chi connectivity index (χ4v) is 3.85. The van der Waals surface area contributed by atoms with E-state index in [0.717, 1.165) is 32.1 Å².